The Labute approximate surface area is 163 Å². The number of hydrogen-bond acceptors (Lipinski definition) is 3. The van der Waals surface area contributed by atoms with Crippen molar-refractivity contribution in [2.45, 2.75) is 31.8 Å². The van der Waals surface area contributed by atoms with E-state index in [0.717, 1.165) is 24.0 Å². The molecule has 0 unspecified atom stereocenters. The molecule has 2 N–H and O–H groups in total. The zero-order chi connectivity index (χ0) is 19.3. The standard InChI is InChI=1S/C22H22N4O2/c27-21(24-19-10-11-19)12-16-6-8-20(9-7-16)25-22(28)18-13-23-26(15-18)14-17-4-2-1-3-5-17/h1-9,13,15,19H,10-12,14H2,(H,24,27)(H,25,28). The predicted octanol–water partition coefficient (Wildman–Crippen LogP) is 3.00. The Morgan fingerprint density at radius 3 is 2.46 bits per heavy atom. The van der Waals surface area contributed by atoms with Gasteiger partial charge < -0.3 is 10.6 Å². The molecule has 0 spiro atoms. The molecule has 1 heterocycles. The molecular formula is C22H22N4O2. The summed E-state index contributed by atoms with van der Waals surface area (Å²) in [6.07, 6.45) is 5.82. The number of anilines is 1. The molecule has 0 saturated heterocycles. The smallest absolute Gasteiger partial charge is 0.258 e. The SMILES string of the molecule is O=C(Cc1ccc(NC(=O)c2cnn(Cc3ccccc3)c2)cc1)NC1CC1. The average molecular weight is 374 g/mol. The summed E-state index contributed by atoms with van der Waals surface area (Å²) in [6.45, 7) is 0.617. The van der Waals surface area contributed by atoms with Gasteiger partial charge in [-0.25, -0.2) is 0 Å². The second-order valence-electron chi connectivity index (χ2n) is 7.08. The molecule has 0 aliphatic heterocycles. The fourth-order valence-electron chi connectivity index (χ4n) is 2.94. The van der Waals surface area contributed by atoms with Gasteiger partial charge in [-0.3, -0.25) is 14.3 Å². The van der Waals surface area contributed by atoms with Crippen LogP contribution in [0.1, 0.15) is 34.3 Å². The number of carbonyl (C=O) groups excluding carboxylic acids is 2. The van der Waals surface area contributed by atoms with Crippen molar-refractivity contribution in [1.82, 2.24) is 15.1 Å². The number of amides is 2. The normalized spacial score (nSPS) is 13.1. The second kappa shape index (κ2) is 8.08. The van der Waals surface area contributed by atoms with Gasteiger partial charge in [0.05, 0.1) is 24.7 Å². The third kappa shape index (κ3) is 4.85. The van der Waals surface area contributed by atoms with Crippen molar-refractivity contribution in [3.05, 3.63) is 83.7 Å². The Morgan fingerprint density at radius 2 is 1.75 bits per heavy atom. The zero-order valence-electron chi connectivity index (χ0n) is 15.5. The molecule has 0 bridgehead atoms. The molecule has 3 aromatic rings. The van der Waals surface area contributed by atoms with E-state index < -0.39 is 0 Å². The van der Waals surface area contributed by atoms with E-state index in [-0.39, 0.29) is 11.8 Å². The highest BCUT2D eigenvalue weighted by molar-refractivity contribution is 6.03. The Balaban J connectivity index is 1.32. The molecule has 1 aliphatic rings. The Hall–Kier alpha value is -3.41. The van der Waals surface area contributed by atoms with Crippen LogP contribution in [0.5, 0.6) is 0 Å². The first-order chi connectivity index (χ1) is 13.7. The molecule has 1 aromatic heterocycles. The summed E-state index contributed by atoms with van der Waals surface area (Å²) < 4.78 is 1.74. The van der Waals surface area contributed by atoms with Crippen LogP contribution in [0.4, 0.5) is 5.69 Å². The summed E-state index contributed by atoms with van der Waals surface area (Å²) in [7, 11) is 0. The van der Waals surface area contributed by atoms with Gasteiger partial charge >= 0.3 is 0 Å². The fraction of sp³-hybridized carbons (Fsp3) is 0.227. The maximum atomic E-state index is 12.4. The minimum Gasteiger partial charge on any atom is -0.353 e. The molecule has 1 fully saturated rings. The van der Waals surface area contributed by atoms with E-state index in [0.29, 0.717) is 30.3 Å². The molecular weight excluding hydrogens is 352 g/mol. The lowest BCUT2D eigenvalue weighted by Gasteiger charge is -2.06. The van der Waals surface area contributed by atoms with Crippen LogP contribution < -0.4 is 10.6 Å². The monoisotopic (exact) mass is 374 g/mol. The summed E-state index contributed by atoms with van der Waals surface area (Å²) in [5, 5.41) is 10.1. The molecule has 1 saturated carbocycles. The number of nitrogens with zero attached hydrogens (tertiary/aromatic N) is 2. The largest absolute Gasteiger partial charge is 0.353 e. The summed E-state index contributed by atoms with van der Waals surface area (Å²) in [5.41, 5.74) is 3.24. The lowest BCUT2D eigenvalue weighted by Crippen LogP contribution is -2.26. The topological polar surface area (TPSA) is 76.0 Å². The first-order valence-electron chi connectivity index (χ1n) is 9.42. The molecule has 6 nitrogen and oxygen atoms in total. The van der Waals surface area contributed by atoms with Crippen LogP contribution in [0.25, 0.3) is 0 Å². The van der Waals surface area contributed by atoms with Gasteiger partial charge in [0.25, 0.3) is 5.91 Å². The highest BCUT2D eigenvalue weighted by atomic mass is 16.2. The second-order valence-corrected chi connectivity index (χ2v) is 7.08. The van der Waals surface area contributed by atoms with Crippen molar-refractivity contribution in [3.8, 4) is 0 Å². The first kappa shape index (κ1) is 18.0. The summed E-state index contributed by atoms with van der Waals surface area (Å²) in [4.78, 5) is 24.3. The molecule has 2 amide bonds. The fourth-order valence-corrected chi connectivity index (χ4v) is 2.94. The van der Waals surface area contributed by atoms with Gasteiger partial charge in [-0.2, -0.15) is 5.10 Å². The van der Waals surface area contributed by atoms with Crippen LogP contribution in [0.3, 0.4) is 0 Å². The van der Waals surface area contributed by atoms with Gasteiger partial charge in [-0.15, -0.1) is 0 Å². The maximum absolute atomic E-state index is 12.4. The molecule has 28 heavy (non-hydrogen) atoms. The first-order valence-corrected chi connectivity index (χ1v) is 9.42. The van der Waals surface area contributed by atoms with Crippen LogP contribution >= 0.6 is 0 Å². The molecule has 0 radical (unpaired) electrons. The van der Waals surface area contributed by atoms with Crippen molar-refractivity contribution in [1.29, 1.82) is 0 Å². The van der Waals surface area contributed by atoms with E-state index in [4.69, 9.17) is 0 Å². The van der Waals surface area contributed by atoms with Gasteiger partial charge in [0, 0.05) is 17.9 Å². The molecule has 1 aliphatic carbocycles. The lowest BCUT2D eigenvalue weighted by molar-refractivity contribution is -0.120. The van der Waals surface area contributed by atoms with Gasteiger partial charge in [0.2, 0.25) is 5.91 Å². The lowest BCUT2D eigenvalue weighted by atomic mass is 10.1. The van der Waals surface area contributed by atoms with Crippen molar-refractivity contribution >= 4 is 17.5 Å². The maximum Gasteiger partial charge on any atom is 0.258 e. The highest BCUT2D eigenvalue weighted by Crippen LogP contribution is 2.19. The van der Waals surface area contributed by atoms with Crippen LogP contribution in [0.15, 0.2) is 67.0 Å². The van der Waals surface area contributed by atoms with E-state index in [2.05, 4.69) is 15.7 Å². The van der Waals surface area contributed by atoms with Gasteiger partial charge in [0.15, 0.2) is 0 Å². The minimum atomic E-state index is -0.210. The number of carbonyl (C=O) groups is 2. The molecule has 142 valence electrons. The summed E-state index contributed by atoms with van der Waals surface area (Å²) >= 11 is 0. The third-order valence-electron chi connectivity index (χ3n) is 4.60. The van der Waals surface area contributed by atoms with Crippen LogP contribution in [-0.2, 0) is 17.8 Å². The number of rotatable bonds is 7. The summed E-state index contributed by atoms with van der Waals surface area (Å²) in [6, 6.07) is 17.7. The molecule has 4 rings (SSSR count). The number of hydrogen-bond donors (Lipinski definition) is 2. The molecule has 2 aromatic carbocycles. The van der Waals surface area contributed by atoms with E-state index in [1.807, 2.05) is 54.6 Å². The van der Waals surface area contributed by atoms with Gasteiger partial charge in [0.1, 0.15) is 0 Å². The average Bonchev–Trinajstić information content (AvgIpc) is 3.38. The van der Waals surface area contributed by atoms with Crippen LogP contribution in [0.2, 0.25) is 0 Å². The van der Waals surface area contributed by atoms with Crippen molar-refractivity contribution in [2.24, 2.45) is 0 Å². The van der Waals surface area contributed by atoms with E-state index in [1.54, 1.807) is 17.1 Å². The Kier molecular flexibility index (Phi) is 5.19. The zero-order valence-corrected chi connectivity index (χ0v) is 15.5. The number of aromatic nitrogens is 2. The number of benzene rings is 2. The van der Waals surface area contributed by atoms with Crippen molar-refractivity contribution in [3.63, 3.8) is 0 Å². The van der Waals surface area contributed by atoms with E-state index in [9.17, 15) is 9.59 Å². The highest BCUT2D eigenvalue weighted by Gasteiger charge is 2.23. The van der Waals surface area contributed by atoms with Crippen LogP contribution in [0, 0.1) is 0 Å². The summed E-state index contributed by atoms with van der Waals surface area (Å²) in [5.74, 6) is -0.163. The van der Waals surface area contributed by atoms with E-state index in [1.165, 1.54) is 0 Å². The van der Waals surface area contributed by atoms with Crippen molar-refractivity contribution < 1.29 is 9.59 Å². The van der Waals surface area contributed by atoms with Gasteiger partial charge in [-0.1, -0.05) is 42.5 Å². The molecule has 0 atom stereocenters. The molecule has 6 heteroatoms. The van der Waals surface area contributed by atoms with Crippen LogP contribution in [-0.4, -0.2) is 27.6 Å². The Bertz CT molecular complexity index is 960. The minimum absolute atomic E-state index is 0.0464. The quantitative estimate of drug-likeness (QED) is 0.667. The van der Waals surface area contributed by atoms with Crippen molar-refractivity contribution in [2.75, 3.05) is 5.32 Å². The third-order valence-corrected chi connectivity index (χ3v) is 4.60. The van der Waals surface area contributed by atoms with E-state index >= 15 is 0 Å². The number of nitrogens with one attached hydrogen (secondary N) is 2. The van der Waals surface area contributed by atoms with Gasteiger partial charge in [-0.05, 0) is 36.1 Å². The Morgan fingerprint density at radius 1 is 1.00 bits per heavy atom. The predicted molar refractivity (Wildman–Crippen MR) is 107 cm³/mol.